The van der Waals surface area contributed by atoms with Crippen LogP contribution in [0.25, 0.3) is 11.4 Å². The van der Waals surface area contributed by atoms with Crippen LogP contribution in [0.1, 0.15) is 25.3 Å². The van der Waals surface area contributed by atoms with E-state index in [0.717, 1.165) is 0 Å². The third-order valence-electron chi connectivity index (χ3n) is 4.43. The average molecular weight is 401 g/mol. The number of nitrogens with zero attached hydrogens (tertiary/aromatic N) is 3. The molecule has 0 bridgehead atoms. The fraction of sp³-hybridized carbons (Fsp3) is 0.300. The lowest BCUT2D eigenvalue weighted by molar-refractivity contribution is 0.383. The smallest absolute Gasteiger partial charge is 0.264 e. The number of aryl methyl sites for hydroxylation is 2. The number of sulfonamides is 1. The summed E-state index contributed by atoms with van der Waals surface area (Å²) in [4.78, 5) is 4.51. The lowest BCUT2D eigenvalue weighted by Gasteiger charge is -2.24. The number of anilines is 1. The van der Waals surface area contributed by atoms with Crippen molar-refractivity contribution in [2.24, 2.45) is 0 Å². The maximum Gasteiger partial charge on any atom is 0.264 e. The van der Waals surface area contributed by atoms with Gasteiger partial charge < -0.3 is 9.26 Å². The highest BCUT2D eigenvalue weighted by molar-refractivity contribution is 7.92. The summed E-state index contributed by atoms with van der Waals surface area (Å²) in [6, 6.07) is 12.1. The van der Waals surface area contributed by atoms with Gasteiger partial charge in [0.1, 0.15) is 5.75 Å². The molecule has 0 unspecified atom stereocenters. The van der Waals surface area contributed by atoms with E-state index in [2.05, 4.69) is 10.1 Å². The summed E-state index contributed by atoms with van der Waals surface area (Å²) >= 11 is 0. The maximum absolute atomic E-state index is 13.4. The molecule has 3 rings (SSSR count). The van der Waals surface area contributed by atoms with E-state index in [0.29, 0.717) is 47.2 Å². The van der Waals surface area contributed by atoms with Gasteiger partial charge in [0.15, 0.2) is 0 Å². The van der Waals surface area contributed by atoms with Crippen molar-refractivity contribution in [2.75, 3.05) is 18.0 Å². The Bertz CT molecular complexity index is 1060. The van der Waals surface area contributed by atoms with Gasteiger partial charge in [0.05, 0.1) is 17.7 Å². The fourth-order valence-electron chi connectivity index (χ4n) is 2.89. The standard InChI is InChI=1S/C20H23N3O4S/c1-5-19-21-20(22-27-19)15-8-7-14(3)18(13-15)28(24,25)23(6-2)16-9-11-17(26-4)12-10-16/h7-13H,5-6H2,1-4H3. The molecule has 1 heterocycles. The second-order valence-electron chi connectivity index (χ2n) is 6.21. The largest absolute Gasteiger partial charge is 0.497 e. The van der Waals surface area contributed by atoms with Crippen molar-refractivity contribution < 1.29 is 17.7 Å². The van der Waals surface area contributed by atoms with E-state index in [-0.39, 0.29) is 4.90 Å². The fourth-order valence-corrected chi connectivity index (χ4v) is 4.62. The Morgan fingerprint density at radius 3 is 2.39 bits per heavy atom. The Morgan fingerprint density at radius 2 is 1.82 bits per heavy atom. The molecule has 0 aliphatic heterocycles. The van der Waals surface area contributed by atoms with Crippen molar-refractivity contribution in [3.8, 4) is 17.1 Å². The molecule has 0 saturated carbocycles. The van der Waals surface area contributed by atoms with Gasteiger partial charge in [0.2, 0.25) is 11.7 Å². The SMILES string of the molecule is CCc1nc(-c2ccc(C)c(S(=O)(=O)N(CC)c3ccc(OC)cc3)c2)no1. The zero-order valence-corrected chi connectivity index (χ0v) is 17.2. The van der Waals surface area contributed by atoms with E-state index in [1.165, 1.54) is 4.31 Å². The number of hydrogen-bond acceptors (Lipinski definition) is 6. The van der Waals surface area contributed by atoms with Gasteiger partial charge in [-0.25, -0.2) is 8.42 Å². The van der Waals surface area contributed by atoms with Crippen LogP contribution in [0.3, 0.4) is 0 Å². The summed E-state index contributed by atoms with van der Waals surface area (Å²) in [7, 11) is -2.21. The molecule has 0 atom stereocenters. The van der Waals surface area contributed by atoms with Gasteiger partial charge in [-0.15, -0.1) is 0 Å². The van der Waals surface area contributed by atoms with E-state index >= 15 is 0 Å². The van der Waals surface area contributed by atoms with Crippen LogP contribution in [0.2, 0.25) is 0 Å². The van der Waals surface area contributed by atoms with E-state index in [1.807, 2.05) is 6.92 Å². The van der Waals surface area contributed by atoms with Crippen LogP contribution in [0.15, 0.2) is 51.9 Å². The molecular weight excluding hydrogens is 378 g/mol. The van der Waals surface area contributed by atoms with Gasteiger partial charge in [-0.05, 0) is 49.7 Å². The normalized spacial score (nSPS) is 11.4. The predicted octanol–water partition coefficient (Wildman–Crippen LogP) is 3.83. The molecular formula is C20H23N3O4S. The Labute approximate surface area is 165 Å². The molecule has 1 aromatic heterocycles. The summed E-state index contributed by atoms with van der Waals surface area (Å²) in [5.74, 6) is 1.55. The Kier molecular flexibility index (Phi) is 5.69. The van der Waals surface area contributed by atoms with Gasteiger partial charge in [-0.2, -0.15) is 4.98 Å². The third kappa shape index (κ3) is 3.73. The topological polar surface area (TPSA) is 85.5 Å². The minimum atomic E-state index is -3.78. The van der Waals surface area contributed by atoms with Crippen LogP contribution < -0.4 is 9.04 Å². The number of hydrogen-bond donors (Lipinski definition) is 0. The highest BCUT2D eigenvalue weighted by Crippen LogP contribution is 2.29. The van der Waals surface area contributed by atoms with E-state index in [4.69, 9.17) is 9.26 Å². The molecule has 0 radical (unpaired) electrons. The molecule has 7 nitrogen and oxygen atoms in total. The van der Waals surface area contributed by atoms with Gasteiger partial charge >= 0.3 is 0 Å². The average Bonchev–Trinajstić information content (AvgIpc) is 3.18. The van der Waals surface area contributed by atoms with Gasteiger partial charge in [-0.3, -0.25) is 4.31 Å². The second-order valence-corrected chi connectivity index (χ2v) is 8.04. The number of ether oxygens (including phenoxy) is 1. The zero-order chi connectivity index (χ0) is 20.3. The van der Waals surface area contributed by atoms with E-state index in [1.54, 1.807) is 63.4 Å². The maximum atomic E-state index is 13.4. The van der Waals surface area contributed by atoms with Crippen LogP contribution in [-0.4, -0.2) is 32.2 Å². The first kappa shape index (κ1) is 19.9. The molecule has 2 aromatic carbocycles. The van der Waals surface area contributed by atoms with Crippen molar-refractivity contribution in [1.29, 1.82) is 0 Å². The molecule has 0 saturated heterocycles. The molecule has 8 heteroatoms. The minimum Gasteiger partial charge on any atom is -0.497 e. The summed E-state index contributed by atoms with van der Waals surface area (Å²) in [5.41, 5.74) is 1.81. The van der Waals surface area contributed by atoms with Crippen molar-refractivity contribution >= 4 is 15.7 Å². The summed E-state index contributed by atoms with van der Waals surface area (Å²) in [5, 5.41) is 3.94. The number of benzene rings is 2. The third-order valence-corrected chi connectivity index (χ3v) is 6.48. The highest BCUT2D eigenvalue weighted by Gasteiger charge is 2.26. The lowest BCUT2D eigenvalue weighted by Crippen LogP contribution is -2.31. The highest BCUT2D eigenvalue weighted by atomic mass is 32.2. The van der Waals surface area contributed by atoms with E-state index in [9.17, 15) is 8.42 Å². The van der Waals surface area contributed by atoms with Crippen LogP contribution in [-0.2, 0) is 16.4 Å². The van der Waals surface area contributed by atoms with Crippen molar-refractivity contribution in [2.45, 2.75) is 32.1 Å². The summed E-state index contributed by atoms with van der Waals surface area (Å²) in [6.45, 7) is 5.77. The molecule has 0 aliphatic carbocycles. The molecule has 0 N–H and O–H groups in total. The quantitative estimate of drug-likeness (QED) is 0.598. The monoisotopic (exact) mass is 401 g/mol. The lowest BCUT2D eigenvalue weighted by atomic mass is 10.1. The number of aromatic nitrogens is 2. The zero-order valence-electron chi connectivity index (χ0n) is 16.3. The van der Waals surface area contributed by atoms with Gasteiger partial charge in [0, 0.05) is 18.5 Å². The molecule has 0 spiro atoms. The first-order valence-electron chi connectivity index (χ1n) is 9.01. The van der Waals surface area contributed by atoms with Crippen molar-refractivity contribution in [3.05, 3.63) is 53.9 Å². The molecule has 0 fully saturated rings. The molecule has 28 heavy (non-hydrogen) atoms. The molecule has 148 valence electrons. The summed E-state index contributed by atoms with van der Waals surface area (Å²) in [6.07, 6.45) is 0.616. The second kappa shape index (κ2) is 8.02. The van der Waals surface area contributed by atoms with Crippen LogP contribution >= 0.6 is 0 Å². The predicted molar refractivity (Wildman–Crippen MR) is 107 cm³/mol. The van der Waals surface area contributed by atoms with E-state index < -0.39 is 10.0 Å². The minimum absolute atomic E-state index is 0.213. The molecule has 0 aliphatic rings. The number of rotatable bonds is 7. The molecule has 0 amide bonds. The van der Waals surface area contributed by atoms with Gasteiger partial charge in [-0.1, -0.05) is 24.2 Å². The van der Waals surface area contributed by atoms with Crippen molar-refractivity contribution in [3.63, 3.8) is 0 Å². The van der Waals surface area contributed by atoms with Gasteiger partial charge in [0.25, 0.3) is 10.0 Å². The molecule has 3 aromatic rings. The Hall–Kier alpha value is -2.87. The summed E-state index contributed by atoms with van der Waals surface area (Å²) < 4.78 is 38.5. The Balaban J connectivity index is 2.04. The first-order valence-corrected chi connectivity index (χ1v) is 10.4. The van der Waals surface area contributed by atoms with Crippen molar-refractivity contribution in [1.82, 2.24) is 10.1 Å². The first-order chi connectivity index (χ1) is 13.4. The van der Waals surface area contributed by atoms with Crippen LogP contribution in [0.5, 0.6) is 5.75 Å². The van der Waals surface area contributed by atoms with Crippen LogP contribution in [0.4, 0.5) is 5.69 Å². The Morgan fingerprint density at radius 1 is 1.11 bits per heavy atom. The number of methoxy groups -OCH3 is 1. The van der Waals surface area contributed by atoms with Crippen LogP contribution in [0, 0.1) is 6.92 Å².